The summed E-state index contributed by atoms with van der Waals surface area (Å²) in [6, 6.07) is 7.30. The Bertz CT molecular complexity index is 649. The quantitative estimate of drug-likeness (QED) is 0.876. The van der Waals surface area contributed by atoms with E-state index >= 15 is 0 Å². The van der Waals surface area contributed by atoms with E-state index in [1.165, 1.54) is 12.3 Å². The fourth-order valence-corrected chi connectivity index (χ4v) is 2.11. The molecule has 0 atom stereocenters. The molecule has 0 aliphatic carbocycles. The lowest BCUT2D eigenvalue weighted by molar-refractivity contribution is 0.0696. The van der Waals surface area contributed by atoms with Crippen LogP contribution in [0.2, 0.25) is 0 Å². The maximum atomic E-state index is 10.7. The van der Waals surface area contributed by atoms with Gasteiger partial charge in [0.15, 0.2) is 11.5 Å². The second-order valence-electron chi connectivity index (χ2n) is 4.69. The number of furan rings is 1. The number of rotatable bonds is 5. The van der Waals surface area contributed by atoms with Crippen molar-refractivity contribution in [3.63, 3.8) is 0 Å². The first-order valence-corrected chi connectivity index (χ1v) is 6.62. The third kappa shape index (κ3) is 3.17. The number of ether oxygens (including phenoxy) is 2. The molecule has 21 heavy (non-hydrogen) atoms. The second kappa shape index (κ2) is 5.88. The fourth-order valence-electron chi connectivity index (χ4n) is 2.11. The highest BCUT2D eigenvalue weighted by molar-refractivity contribution is 5.87. The average Bonchev–Trinajstić information content (AvgIpc) is 2.96. The summed E-state index contributed by atoms with van der Waals surface area (Å²) in [4.78, 5) is 10.7. The Morgan fingerprint density at radius 3 is 2.71 bits per heavy atom. The largest absolute Gasteiger partial charge is 0.486 e. The molecule has 1 aliphatic heterocycles. The Kier molecular flexibility index (Phi) is 3.79. The highest BCUT2D eigenvalue weighted by Crippen LogP contribution is 2.30. The second-order valence-corrected chi connectivity index (χ2v) is 4.69. The first-order chi connectivity index (χ1) is 10.2. The van der Waals surface area contributed by atoms with Crippen LogP contribution in [0.1, 0.15) is 21.7 Å². The minimum Gasteiger partial charge on any atom is -0.486 e. The van der Waals surface area contributed by atoms with Crippen molar-refractivity contribution in [1.82, 2.24) is 5.32 Å². The van der Waals surface area contributed by atoms with Crippen LogP contribution in [0.4, 0.5) is 0 Å². The number of nitrogens with one attached hydrogen (secondary N) is 1. The molecule has 3 rings (SSSR count). The lowest BCUT2D eigenvalue weighted by Gasteiger charge is -2.18. The summed E-state index contributed by atoms with van der Waals surface area (Å²) in [5, 5.41) is 12.0. The predicted molar refractivity (Wildman–Crippen MR) is 73.6 cm³/mol. The van der Waals surface area contributed by atoms with Gasteiger partial charge < -0.3 is 24.3 Å². The molecule has 6 heteroatoms. The van der Waals surface area contributed by atoms with E-state index < -0.39 is 5.97 Å². The molecule has 0 fully saturated rings. The Morgan fingerprint density at radius 1 is 1.14 bits per heavy atom. The summed E-state index contributed by atoms with van der Waals surface area (Å²) in [6.07, 6.45) is 1.24. The monoisotopic (exact) mass is 289 g/mol. The topological polar surface area (TPSA) is 80.9 Å². The van der Waals surface area contributed by atoms with E-state index in [1.54, 1.807) is 0 Å². The smallest absolute Gasteiger partial charge is 0.338 e. The molecule has 0 bridgehead atoms. The highest BCUT2D eigenvalue weighted by atomic mass is 16.6. The highest BCUT2D eigenvalue weighted by Gasteiger charge is 2.12. The summed E-state index contributed by atoms with van der Waals surface area (Å²) in [5.41, 5.74) is 1.22. The van der Waals surface area contributed by atoms with E-state index in [-0.39, 0.29) is 5.56 Å². The van der Waals surface area contributed by atoms with Gasteiger partial charge in [-0.15, -0.1) is 0 Å². The standard InChI is InChI=1S/C15H15NO5/c17-15(18)11-6-12(21-9-11)8-16-7-10-1-2-13-14(5-10)20-4-3-19-13/h1-2,5-6,9,16H,3-4,7-8H2,(H,17,18). The number of hydrogen-bond acceptors (Lipinski definition) is 5. The van der Waals surface area contributed by atoms with Gasteiger partial charge in [0.05, 0.1) is 12.1 Å². The molecular weight excluding hydrogens is 274 g/mol. The van der Waals surface area contributed by atoms with Crippen LogP contribution in [0.25, 0.3) is 0 Å². The minimum absolute atomic E-state index is 0.158. The van der Waals surface area contributed by atoms with E-state index in [4.69, 9.17) is 19.0 Å². The van der Waals surface area contributed by atoms with Gasteiger partial charge in [-0.25, -0.2) is 4.79 Å². The Morgan fingerprint density at radius 2 is 1.95 bits per heavy atom. The Balaban J connectivity index is 1.56. The van der Waals surface area contributed by atoms with Crippen molar-refractivity contribution in [3.8, 4) is 11.5 Å². The first-order valence-electron chi connectivity index (χ1n) is 6.62. The van der Waals surface area contributed by atoms with E-state index in [1.807, 2.05) is 18.2 Å². The van der Waals surface area contributed by atoms with E-state index in [0.29, 0.717) is 32.1 Å². The van der Waals surface area contributed by atoms with Crippen LogP contribution in [-0.4, -0.2) is 24.3 Å². The van der Waals surface area contributed by atoms with Crippen molar-refractivity contribution in [3.05, 3.63) is 47.4 Å². The van der Waals surface area contributed by atoms with Gasteiger partial charge in [0.25, 0.3) is 0 Å². The molecule has 110 valence electrons. The zero-order chi connectivity index (χ0) is 14.7. The zero-order valence-corrected chi connectivity index (χ0v) is 11.3. The molecule has 0 amide bonds. The van der Waals surface area contributed by atoms with Gasteiger partial charge in [-0.2, -0.15) is 0 Å². The fraction of sp³-hybridized carbons (Fsp3) is 0.267. The molecule has 1 aromatic heterocycles. The van der Waals surface area contributed by atoms with Gasteiger partial charge in [-0.05, 0) is 23.8 Å². The van der Waals surface area contributed by atoms with Gasteiger partial charge in [-0.1, -0.05) is 6.07 Å². The lowest BCUT2D eigenvalue weighted by atomic mass is 10.2. The molecular formula is C15H15NO5. The molecule has 0 saturated carbocycles. The van der Waals surface area contributed by atoms with E-state index in [2.05, 4.69) is 5.32 Å². The van der Waals surface area contributed by atoms with Gasteiger partial charge in [0.2, 0.25) is 0 Å². The molecule has 1 aliphatic rings. The van der Waals surface area contributed by atoms with Crippen molar-refractivity contribution in [1.29, 1.82) is 0 Å². The normalized spacial score (nSPS) is 13.1. The van der Waals surface area contributed by atoms with E-state index in [0.717, 1.165) is 17.1 Å². The maximum Gasteiger partial charge on any atom is 0.338 e. The van der Waals surface area contributed by atoms with Gasteiger partial charge in [0.1, 0.15) is 25.2 Å². The number of hydrogen-bond donors (Lipinski definition) is 2. The van der Waals surface area contributed by atoms with Crippen LogP contribution in [0.15, 0.2) is 34.9 Å². The van der Waals surface area contributed by atoms with Crippen LogP contribution >= 0.6 is 0 Å². The van der Waals surface area contributed by atoms with Crippen LogP contribution in [0.3, 0.4) is 0 Å². The molecule has 0 unspecified atom stereocenters. The number of carboxylic acid groups (broad SMARTS) is 1. The summed E-state index contributed by atoms with van der Waals surface area (Å²) < 4.78 is 16.1. The van der Waals surface area contributed by atoms with Crippen molar-refractivity contribution >= 4 is 5.97 Å². The van der Waals surface area contributed by atoms with Crippen molar-refractivity contribution < 1.29 is 23.8 Å². The third-order valence-electron chi connectivity index (χ3n) is 3.14. The molecule has 6 nitrogen and oxygen atoms in total. The number of benzene rings is 1. The SMILES string of the molecule is O=C(O)c1coc(CNCc2ccc3c(c2)OCCO3)c1. The maximum absolute atomic E-state index is 10.7. The van der Waals surface area contributed by atoms with Gasteiger partial charge in [-0.3, -0.25) is 0 Å². The molecule has 2 heterocycles. The first kappa shape index (κ1) is 13.5. The van der Waals surface area contributed by atoms with Crippen molar-refractivity contribution in [2.24, 2.45) is 0 Å². The Hall–Kier alpha value is -2.47. The Labute approximate surface area is 121 Å². The van der Waals surface area contributed by atoms with Crippen LogP contribution in [0, 0.1) is 0 Å². The molecule has 0 saturated heterocycles. The number of carboxylic acids is 1. The molecule has 0 radical (unpaired) electrons. The van der Waals surface area contributed by atoms with Gasteiger partial charge in [0, 0.05) is 6.54 Å². The summed E-state index contributed by atoms with van der Waals surface area (Å²) >= 11 is 0. The van der Waals surface area contributed by atoms with Crippen molar-refractivity contribution in [2.45, 2.75) is 13.1 Å². The van der Waals surface area contributed by atoms with Gasteiger partial charge >= 0.3 is 5.97 Å². The number of aromatic carboxylic acids is 1. The van der Waals surface area contributed by atoms with Crippen LogP contribution in [0.5, 0.6) is 11.5 Å². The molecule has 2 aromatic rings. The average molecular weight is 289 g/mol. The van der Waals surface area contributed by atoms with Crippen LogP contribution < -0.4 is 14.8 Å². The molecule has 0 spiro atoms. The lowest BCUT2D eigenvalue weighted by Crippen LogP contribution is -2.16. The summed E-state index contributed by atoms with van der Waals surface area (Å²) in [7, 11) is 0. The molecule has 2 N–H and O–H groups in total. The van der Waals surface area contributed by atoms with E-state index in [9.17, 15) is 4.79 Å². The van der Waals surface area contributed by atoms with Crippen LogP contribution in [-0.2, 0) is 13.1 Å². The number of carbonyl (C=O) groups is 1. The summed E-state index contributed by atoms with van der Waals surface area (Å²) in [6.45, 7) is 2.23. The summed E-state index contributed by atoms with van der Waals surface area (Å²) in [5.74, 6) is 1.12. The minimum atomic E-state index is -0.989. The third-order valence-corrected chi connectivity index (χ3v) is 3.14. The zero-order valence-electron chi connectivity index (χ0n) is 11.3. The number of fused-ring (bicyclic) bond motifs is 1. The predicted octanol–water partition coefficient (Wildman–Crippen LogP) is 2.04. The molecule has 1 aromatic carbocycles. The van der Waals surface area contributed by atoms with Crippen molar-refractivity contribution in [2.75, 3.05) is 13.2 Å².